The number of hydrogen-bond acceptors (Lipinski definition) is 2. The molecule has 4 heteroatoms. The van der Waals surface area contributed by atoms with Crippen molar-refractivity contribution >= 4 is 52.7 Å². The molecular weight excluding hydrogens is 775 g/mol. The maximum atomic E-state index is 5.78. The molecule has 8 aromatic carbocycles. The monoisotopic (exact) mass is 815 g/mol. The van der Waals surface area contributed by atoms with E-state index in [4.69, 9.17) is 9.97 Å². The number of fused-ring (bicyclic) bond motifs is 10. The summed E-state index contributed by atoms with van der Waals surface area (Å²) in [6, 6.07) is 73.7. The van der Waals surface area contributed by atoms with Crippen molar-refractivity contribution in [2.24, 2.45) is 0 Å². The summed E-state index contributed by atoms with van der Waals surface area (Å²) in [7, 11) is 0. The third kappa shape index (κ3) is 4.71. The number of hydrogen-bond donors (Lipinski definition) is 0. The van der Waals surface area contributed by atoms with E-state index >= 15 is 0 Å². The Morgan fingerprint density at radius 3 is 1.75 bits per heavy atom. The first kappa shape index (κ1) is 34.2. The average Bonchev–Trinajstić information content (AvgIpc) is 3.88. The third-order valence-electron chi connectivity index (χ3n) is 13.1. The van der Waals surface area contributed by atoms with Gasteiger partial charge in [-0.2, -0.15) is 0 Å². The van der Waals surface area contributed by atoms with Crippen LogP contribution in [0.5, 0.6) is 0 Å². The van der Waals surface area contributed by atoms with Crippen molar-refractivity contribution in [3.05, 3.63) is 211 Å². The molecule has 3 nitrogen and oxygen atoms in total. The van der Waals surface area contributed by atoms with Crippen LogP contribution >= 0.6 is 0 Å². The Hall–Kier alpha value is -6.82. The molecule has 0 radical (unpaired) electrons. The van der Waals surface area contributed by atoms with E-state index in [2.05, 4.69) is 219 Å². The molecule has 2 aromatic heterocycles. The number of benzene rings is 8. The van der Waals surface area contributed by atoms with E-state index < -0.39 is 13.3 Å². The van der Waals surface area contributed by atoms with Crippen LogP contribution in [0.25, 0.3) is 72.5 Å². The molecule has 0 bridgehead atoms. The summed E-state index contributed by atoms with van der Waals surface area (Å²) in [5.74, 6) is 0.739. The molecule has 278 valence electrons. The third-order valence-corrected chi connectivity index (χ3v) is 23.3. The summed E-state index contributed by atoms with van der Waals surface area (Å²) in [6.45, 7) is 4.78. The van der Waals surface area contributed by atoms with Crippen LogP contribution in [0.4, 0.5) is 0 Å². The van der Waals surface area contributed by atoms with E-state index in [-0.39, 0.29) is 5.41 Å². The summed E-state index contributed by atoms with van der Waals surface area (Å²) in [4.78, 5) is 11.4. The minimum absolute atomic E-state index is 0.164. The molecule has 2 aliphatic rings. The zero-order valence-electron chi connectivity index (χ0n) is 32.9. The van der Waals surface area contributed by atoms with Gasteiger partial charge in [0.1, 0.15) is 0 Å². The molecule has 0 saturated carbocycles. The second-order valence-electron chi connectivity index (χ2n) is 16.4. The van der Waals surface area contributed by atoms with Crippen LogP contribution in [-0.4, -0.2) is 27.8 Å². The van der Waals surface area contributed by atoms with Crippen LogP contribution in [-0.2, 0) is 5.41 Å². The van der Waals surface area contributed by atoms with Crippen molar-refractivity contribution in [2.75, 3.05) is 0 Å². The maximum absolute atomic E-state index is 5.78. The minimum atomic E-state index is -3.80. The van der Waals surface area contributed by atoms with E-state index in [0.29, 0.717) is 0 Å². The van der Waals surface area contributed by atoms with Gasteiger partial charge < -0.3 is 0 Å². The van der Waals surface area contributed by atoms with Crippen molar-refractivity contribution < 1.29 is 0 Å². The van der Waals surface area contributed by atoms with Gasteiger partial charge in [-0.3, -0.25) is 0 Å². The van der Waals surface area contributed by atoms with E-state index in [1.165, 1.54) is 67.2 Å². The van der Waals surface area contributed by atoms with Crippen LogP contribution in [0.2, 0.25) is 0 Å². The van der Waals surface area contributed by atoms with Gasteiger partial charge in [0.15, 0.2) is 0 Å². The molecule has 0 N–H and O–H groups in total. The molecule has 0 atom stereocenters. The second-order valence-corrected chi connectivity index (χ2v) is 24.2. The predicted molar refractivity (Wildman–Crippen MR) is 247 cm³/mol. The quantitative estimate of drug-likeness (QED) is 0.162. The number of rotatable bonds is 5. The van der Waals surface area contributed by atoms with E-state index in [1.54, 1.807) is 0 Å². The molecule has 10 aromatic rings. The molecule has 0 amide bonds. The van der Waals surface area contributed by atoms with Gasteiger partial charge in [-0.15, -0.1) is 0 Å². The van der Waals surface area contributed by atoms with Gasteiger partial charge in [-0.1, -0.05) is 0 Å². The van der Waals surface area contributed by atoms with Gasteiger partial charge in [0.2, 0.25) is 0 Å². The van der Waals surface area contributed by atoms with Gasteiger partial charge in [0, 0.05) is 0 Å². The topological polar surface area (TPSA) is 30.7 Å². The fraction of sp³-hybridized carbons (Fsp3) is 0.0545. The number of para-hydroxylation sites is 2. The van der Waals surface area contributed by atoms with Gasteiger partial charge in [-0.05, 0) is 0 Å². The Morgan fingerprint density at radius 1 is 0.458 bits per heavy atom. The standard InChI is InChI=1S/C55H39GeN3/c1-55(2)44-30-16-12-26-39(44)40-34-35-48-49(50(40)55)42-28-14-18-32-46(42)59(48)47-33-19-15-29-43(47)53-51-52(57-54(58-53)36-20-6-3-7-21-36)41-27-13-17-31-45(41)56(51,37-22-8-4-9-23-37)38-24-10-5-11-25-38/h3-35H,1-2H3. The summed E-state index contributed by atoms with van der Waals surface area (Å²) in [6.07, 6.45) is 0. The SMILES string of the molecule is CC1(C)c2ccccc2-c2ccc3c(c21)c1ccccc1n3-c1ccccc1-c1nc(-c2ccccc2)nc2[c]1[Ge]([c]1ccccc1)([c]1ccccc1)[c]1ccccc1-2. The van der Waals surface area contributed by atoms with Crippen LogP contribution < -0.4 is 17.6 Å². The van der Waals surface area contributed by atoms with Crippen molar-refractivity contribution in [1.29, 1.82) is 0 Å². The van der Waals surface area contributed by atoms with E-state index in [1.807, 2.05) is 0 Å². The Morgan fingerprint density at radius 2 is 1.02 bits per heavy atom. The second kappa shape index (κ2) is 12.8. The summed E-state index contributed by atoms with van der Waals surface area (Å²) < 4.78 is 7.93. The zero-order chi connectivity index (χ0) is 39.3. The van der Waals surface area contributed by atoms with Crippen LogP contribution in [0.1, 0.15) is 25.0 Å². The molecule has 59 heavy (non-hydrogen) atoms. The molecule has 0 fully saturated rings. The van der Waals surface area contributed by atoms with Crippen LogP contribution in [0, 0.1) is 0 Å². The molecule has 0 saturated heterocycles. The summed E-state index contributed by atoms with van der Waals surface area (Å²) >= 11 is -3.80. The fourth-order valence-electron chi connectivity index (χ4n) is 10.7. The summed E-state index contributed by atoms with van der Waals surface area (Å²) in [5, 5.41) is 2.58. The zero-order valence-corrected chi connectivity index (χ0v) is 35.0. The van der Waals surface area contributed by atoms with Crippen molar-refractivity contribution in [3.8, 4) is 50.7 Å². The number of aromatic nitrogens is 3. The Balaban J connectivity index is 1.23. The Kier molecular flexibility index (Phi) is 7.45. The normalized spacial score (nSPS) is 14.2. The van der Waals surface area contributed by atoms with Gasteiger partial charge >= 0.3 is 348 Å². The van der Waals surface area contributed by atoms with Crippen molar-refractivity contribution in [2.45, 2.75) is 19.3 Å². The van der Waals surface area contributed by atoms with Gasteiger partial charge in [-0.25, -0.2) is 0 Å². The molecule has 12 rings (SSSR count). The van der Waals surface area contributed by atoms with Gasteiger partial charge in [0.25, 0.3) is 0 Å². The molecule has 1 aliphatic carbocycles. The number of nitrogens with zero attached hydrogens (tertiary/aromatic N) is 3. The van der Waals surface area contributed by atoms with Crippen molar-refractivity contribution in [1.82, 2.24) is 14.5 Å². The molecule has 1 aliphatic heterocycles. The Bertz CT molecular complexity index is 3250. The van der Waals surface area contributed by atoms with Gasteiger partial charge in [0.05, 0.1) is 0 Å². The molecule has 0 unspecified atom stereocenters. The van der Waals surface area contributed by atoms with E-state index in [9.17, 15) is 0 Å². The molecular formula is C55H39GeN3. The van der Waals surface area contributed by atoms with E-state index in [0.717, 1.165) is 34.0 Å². The summed E-state index contributed by atoms with van der Waals surface area (Å²) in [5.41, 5.74) is 14.2. The van der Waals surface area contributed by atoms with Crippen LogP contribution in [0.3, 0.4) is 0 Å². The first-order valence-electron chi connectivity index (χ1n) is 20.5. The van der Waals surface area contributed by atoms with Crippen LogP contribution in [0.15, 0.2) is 200 Å². The predicted octanol–water partition coefficient (Wildman–Crippen LogP) is 10.6. The molecule has 3 heterocycles. The first-order valence-corrected chi connectivity index (χ1v) is 24.7. The first-order chi connectivity index (χ1) is 29.1. The molecule has 0 spiro atoms. The van der Waals surface area contributed by atoms with Crippen molar-refractivity contribution in [3.63, 3.8) is 0 Å². The average molecular weight is 815 g/mol. The Labute approximate surface area is 346 Å². The fourth-order valence-corrected chi connectivity index (χ4v) is 21.7.